The van der Waals surface area contributed by atoms with Crippen LogP contribution in [0.3, 0.4) is 0 Å². The van der Waals surface area contributed by atoms with Gasteiger partial charge in [-0.2, -0.15) is 5.11 Å². The molecule has 0 unspecified atom stereocenters. The summed E-state index contributed by atoms with van der Waals surface area (Å²) in [6, 6.07) is 11.9. The lowest BCUT2D eigenvalue weighted by atomic mass is 10.0. The fourth-order valence-electron chi connectivity index (χ4n) is 3.16. The van der Waals surface area contributed by atoms with E-state index >= 15 is 0 Å². The highest BCUT2D eigenvalue weighted by molar-refractivity contribution is 5.90. The van der Waals surface area contributed by atoms with Crippen molar-refractivity contribution in [1.29, 1.82) is 0 Å². The highest BCUT2D eigenvalue weighted by atomic mass is 19.1. The van der Waals surface area contributed by atoms with Gasteiger partial charge in [0.15, 0.2) is 0 Å². The van der Waals surface area contributed by atoms with Gasteiger partial charge in [0.2, 0.25) is 5.91 Å². The topological polar surface area (TPSA) is 113 Å². The molecule has 0 aliphatic carbocycles. The number of hydrazine groups is 1. The van der Waals surface area contributed by atoms with Crippen molar-refractivity contribution < 1.29 is 18.7 Å². The molecule has 10 heteroatoms. The van der Waals surface area contributed by atoms with E-state index in [1.165, 1.54) is 23.0 Å². The molecule has 0 bridgehead atoms. The maximum absolute atomic E-state index is 14.8. The highest BCUT2D eigenvalue weighted by Gasteiger charge is 2.32. The van der Waals surface area contributed by atoms with Gasteiger partial charge < -0.3 is 10.1 Å². The number of nitrogens with one attached hydrogen (secondary N) is 1. The molecule has 0 spiro atoms. The van der Waals surface area contributed by atoms with Gasteiger partial charge in [0.1, 0.15) is 11.9 Å². The Morgan fingerprint density at radius 1 is 1.32 bits per heavy atom. The van der Waals surface area contributed by atoms with Crippen molar-refractivity contribution in [2.75, 3.05) is 24.5 Å². The van der Waals surface area contributed by atoms with E-state index < -0.39 is 18.0 Å². The van der Waals surface area contributed by atoms with Gasteiger partial charge in [-0.1, -0.05) is 29.5 Å². The predicted molar refractivity (Wildman–Crippen MR) is 113 cm³/mol. The molecule has 2 aromatic rings. The molecule has 31 heavy (non-hydrogen) atoms. The van der Waals surface area contributed by atoms with Gasteiger partial charge >= 0.3 is 6.09 Å². The molecular formula is C21H25FN6O3. The third kappa shape index (κ3) is 5.76. The second-order valence-corrected chi connectivity index (χ2v) is 7.06. The van der Waals surface area contributed by atoms with Gasteiger partial charge in [-0.05, 0) is 36.2 Å². The predicted octanol–water partition coefficient (Wildman–Crippen LogP) is 3.02. The van der Waals surface area contributed by atoms with Crippen molar-refractivity contribution >= 4 is 17.7 Å². The van der Waals surface area contributed by atoms with E-state index in [2.05, 4.69) is 15.7 Å². The van der Waals surface area contributed by atoms with Crippen LogP contribution in [0.15, 0.2) is 52.8 Å². The minimum absolute atomic E-state index is 0.208. The Labute approximate surface area is 179 Å². The Morgan fingerprint density at radius 3 is 2.71 bits per heavy atom. The zero-order chi connectivity index (χ0) is 22.4. The number of carbonyl (C=O) groups excluding carboxylic acids is 2. The van der Waals surface area contributed by atoms with E-state index in [1.807, 2.05) is 19.1 Å². The molecule has 1 aliphatic rings. The van der Waals surface area contributed by atoms with Crippen LogP contribution in [0.2, 0.25) is 0 Å². The molecule has 0 saturated carbocycles. The number of anilines is 1. The van der Waals surface area contributed by atoms with Gasteiger partial charge in [0, 0.05) is 12.5 Å². The minimum Gasteiger partial charge on any atom is -0.442 e. The van der Waals surface area contributed by atoms with Gasteiger partial charge in [0.25, 0.3) is 0 Å². The quantitative estimate of drug-likeness (QED) is 0.381. The van der Waals surface area contributed by atoms with E-state index in [0.29, 0.717) is 29.9 Å². The number of carbonyl (C=O) groups is 2. The first kappa shape index (κ1) is 22.2. The number of benzene rings is 2. The number of hydrogen-bond acceptors (Lipinski definition) is 6. The molecule has 1 aliphatic heterocycles. The third-order valence-electron chi connectivity index (χ3n) is 4.65. The average molecular weight is 428 g/mol. The largest absolute Gasteiger partial charge is 0.442 e. The summed E-state index contributed by atoms with van der Waals surface area (Å²) in [6.07, 6.45) is -1.05. The highest BCUT2D eigenvalue weighted by Crippen LogP contribution is 2.29. The fourth-order valence-corrected chi connectivity index (χ4v) is 3.16. The third-order valence-corrected chi connectivity index (χ3v) is 4.65. The first-order chi connectivity index (χ1) is 14.9. The van der Waals surface area contributed by atoms with Crippen molar-refractivity contribution in [3.05, 3.63) is 53.8 Å². The normalized spacial score (nSPS) is 15.9. The Morgan fingerprint density at radius 2 is 2.06 bits per heavy atom. The summed E-state index contributed by atoms with van der Waals surface area (Å²) in [5.74, 6) is 5.08. The fraction of sp³-hybridized carbons (Fsp3) is 0.333. The van der Waals surface area contributed by atoms with Crippen LogP contribution < -0.4 is 16.1 Å². The molecule has 3 rings (SSSR count). The van der Waals surface area contributed by atoms with Crippen molar-refractivity contribution in [2.24, 2.45) is 16.2 Å². The van der Waals surface area contributed by atoms with E-state index in [9.17, 15) is 14.0 Å². The molecule has 0 aromatic heterocycles. The number of cyclic esters (lactones) is 1. The SMILES string of the molecule is CCN=NN(N)Cc1ccc(-c2ccc(N3C[C@H](CNC(C)=O)OC3=O)cc2F)cc1. The Bertz CT molecular complexity index is 966. The molecule has 2 amide bonds. The van der Waals surface area contributed by atoms with E-state index in [1.54, 1.807) is 24.3 Å². The Balaban J connectivity index is 1.69. The van der Waals surface area contributed by atoms with Crippen molar-refractivity contribution in [3.8, 4) is 11.1 Å². The molecule has 164 valence electrons. The Hall–Kier alpha value is -3.53. The van der Waals surface area contributed by atoms with Crippen LogP contribution in [-0.4, -0.2) is 42.9 Å². The van der Waals surface area contributed by atoms with Crippen molar-refractivity contribution in [1.82, 2.24) is 10.4 Å². The van der Waals surface area contributed by atoms with Crippen LogP contribution in [0.5, 0.6) is 0 Å². The van der Waals surface area contributed by atoms with E-state index in [-0.39, 0.29) is 19.0 Å². The zero-order valence-corrected chi connectivity index (χ0v) is 17.4. The number of hydrogen-bond donors (Lipinski definition) is 2. The van der Waals surface area contributed by atoms with Crippen LogP contribution in [0.1, 0.15) is 19.4 Å². The van der Waals surface area contributed by atoms with Gasteiger partial charge in [0.05, 0.1) is 31.9 Å². The number of halogens is 1. The first-order valence-electron chi connectivity index (χ1n) is 9.88. The smallest absolute Gasteiger partial charge is 0.414 e. The molecule has 1 heterocycles. The molecule has 1 fully saturated rings. The summed E-state index contributed by atoms with van der Waals surface area (Å²) in [4.78, 5) is 24.5. The molecule has 2 aromatic carbocycles. The summed E-state index contributed by atoms with van der Waals surface area (Å²) < 4.78 is 20.1. The van der Waals surface area contributed by atoms with Crippen LogP contribution in [-0.2, 0) is 16.1 Å². The first-order valence-corrected chi connectivity index (χ1v) is 9.88. The lowest BCUT2D eigenvalue weighted by Gasteiger charge is -2.15. The van der Waals surface area contributed by atoms with Gasteiger partial charge in [-0.25, -0.2) is 20.1 Å². The van der Waals surface area contributed by atoms with Crippen LogP contribution in [0, 0.1) is 5.82 Å². The second kappa shape index (κ2) is 9.98. The Kier molecular flexibility index (Phi) is 7.14. The lowest BCUT2D eigenvalue weighted by Crippen LogP contribution is -2.33. The molecule has 1 saturated heterocycles. The molecule has 0 radical (unpaired) electrons. The number of nitrogens with zero attached hydrogens (tertiary/aromatic N) is 4. The zero-order valence-electron chi connectivity index (χ0n) is 17.4. The summed E-state index contributed by atoms with van der Waals surface area (Å²) in [5.41, 5.74) is 2.41. The average Bonchev–Trinajstić information content (AvgIpc) is 3.12. The summed E-state index contributed by atoms with van der Waals surface area (Å²) in [7, 11) is 0. The number of ether oxygens (including phenoxy) is 1. The minimum atomic E-state index is -0.571. The van der Waals surface area contributed by atoms with Crippen molar-refractivity contribution in [2.45, 2.75) is 26.5 Å². The standard InChI is InChI=1S/C21H25FN6O3/c1-3-25-26-28(23)12-15-4-6-16(7-5-15)19-9-8-17(10-20(19)22)27-13-18(31-21(27)30)11-24-14(2)29/h4-10,18H,3,11-13,23H2,1-2H3,(H,24,29)/t18-/m0/s1. The number of amides is 2. The molecule has 1 atom stereocenters. The van der Waals surface area contributed by atoms with Crippen LogP contribution >= 0.6 is 0 Å². The van der Waals surface area contributed by atoms with E-state index in [0.717, 1.165) is 5.56 Å². The summed E-state index contributed by atoms with van der Waals surface area (Å²) in [6.45, 7) is 4.62. The number of rotatable bonds is 8. The lowest BCUT2D eigenvalue weighted by molar-refractivity contribution is -0.119. The van der Waals surface area contributed by atoms with Gasteiger partial charge in [-0.3, -0.25) is 9.69 Å². The molecule has 3 N–H and O–H groups in total. The van der Waals surface area contributed by atoms with Crippen LogP contribution in [0.25, 0.3) is 11.1 Å². The molecule has 9 nitrogen and oxygen atoms in total. The maximum atomic E-state index is 14.8. The second-order valence-electron chi connectivity index (χ2n) is 7.06. The maximum Gasteiger partial charge on any atom is 0.414 e. The molecular weight excluding hydrogens is 403 g/mol. The number of nitrogens with two attached hydrogens (primary N) is 1. The van der Waals surface area contributed by atoms with Crippen molar-refractivity contribution in [3.63, 3.8) is 0 Å². The monoisotopic (exact) mass is 428 g/mol. The summed E-state index contributed by atoms with van der Waals surface area (Å²) in [5, 5.41) is 11.5. The van der Waals surface area contributed by atoms with Crippen LogP contribution in [0.4, 0.5) is 14.9 Å². The van der Waals surface area contributed by atoms with Gasteiger partial charge in [-0.15, -0.1) is 0 Å². The summed E-state index contributed by atoms with van der Waals surface area (Å²) >= 11 is 0. The van der Waals surface area contributed by atoms with E-state index in [4.69, 9.17) is 10.6 Å².